The molecule has 0 spiro atoms. The molecule has 110 valence electrons. The van der Waals surface area contributed by atoms with Crippen LogP contribution < -0.4 is 15.6 Å². The zero-order chi connectivity index (χ0) is 15.4. The van der Waals surface area contributed by atoms with Gasteiger partial charge < -0.3 is 9.75 Å². The molecule has 0 bridgehead atoms. The van der Waals surface area contributed by atoms with Gasteiger partial charge in [-0.15, -0.1) is 0 Å². The first-order chi connectivity index (χ1) is 10.0. The zero-order valence-electron chi connectivity index (χ0n) is 12.6. The fraction of sp³-hybridized carbons (Fsp3) is 0.235. The predicted molar refractivity (Wildman–Crippen MR) is 84.7 cm³/mol. The van der Waals surface area contributed by atoms with Gasteiger partial charge in [-0.25, -0.2) is 5.84 Å². The second-order valence-electron chi connectivity index (χ2n) is 5.11. The van der Waals surface area contributed by atoms with Crippen LogP contribution in [-0.4, -0.2) is 13.3 Å². The Balaban J connectivity index is 2.22. The van der Waals surface area contributed by atoms with Crippen molar-refractivity contribution in [1.82, 2.24) is 0 Å². The number of nitrogens with two attached hydrogens (primary N) is 1. The monoisotopic (exact) mass is 284 g/mol. The lowest BCUT2D eigenvalue weighted by Crippen LogP contribution is -2.26. The quantitative estimate of drug-likeness (QED) is 0.521. The average molecular weight is 284 g/mol. The van der Waals surface area contributed by atoms with E-state index in [1.54, 1.807) is 11.1 Å². The molecule has 4 nitrogen and oxygen atoms in total. The molecule has 2 aromatic carbocycles. The molecule has 0 unspecified atom stereocenters. The second kappa shape index (κ2) is 6.41. The van der Waals surface area contributed by atoms with Crippen molar-refractivity contribution < 1.29 is 9.53 Å². The summed E-state index contributed by atoms with van der Waals surface area (Å²) >= 11 is 0. The molecule has 4 heteroatoms. The molecule has 0 fully saturated rings. The Kier molecular flexibility index (Phi) is 4.60. The molecule has 0 radical (unpaired) electrons. The highest BCUT2D eigenvalue weighted by molar-refractivity contribution is 5.75. The minimum absolute atomic E-state index is 0.435. The molecule has 0 saturated heterocycles. The van der Waals surface area contributed by atoms with Crippen LogP contribution in [0.25, 0.3) is 0 Å². The summed E-state index contributed by atoms with van der Waals surface area (Å²) in [7, 11) is 1.81. The van der Waals surface area contributed by atoms with Crippen LogP contribution in [0.2, 0.25) is 0 Å². The van der Waals surface area contributed by atoms with Gasteiger partial charge >= 0.3 is 0 Å². The Morgan fingerprint density at radius 2 is 1.95 bits per heavy atom. The molecule has 0 heterocycles. The second-order valence-corrected chi connectivity index (χ2v) is 5.11. The molecule has 0 aliphatic carbocycles. The number of carbonyl (C=O) groups excluding carboxylic acids is 1. The van der Waals surface area contributed by atoms with Gasteiger partial charge in [-0.05, 0) is 49.2 Å². The third-order valence-corrected chi connectivity index (χ3v) is 3.47. The average Bonchev–Trinajstić information content (AvgIpc) is 2.46. The number of rotatable bonds is 5. The highest BCUT2D eigenvalue weighted by Gasteiger charge is 2.09. The van der Waals surface area contributed by atoms with Gasteiger partial charge in [0, 0.05) is 18.2 Å². The van der Waals surface area contributed by atoms with Crippen molar-refractivity contribution in [2.75, 3.05) is 12.1 Å². The van der Waals surface area contributed by atoms with Crippen molar-refractivity contribution in [3.63, 3.8) is 0 Å². The lowest BCUT2D eigenvalue weighted by molar-refractivity contribution is 0.112. The number of hydrogen-bond acceptors (Lipinski definition) is 4. The van der Waals surface area contributed by atoms with Crippen LogP contribution in [0.4, 0.5) is 5.69 Å². The number of ether oxygens (including phenoxy) is 1. The number of aryl methyl sites for hydroxylation is 2. The molecule has 21 heavy (non-hydrogen) atoms. The van der Waals surface area contributed by atoms with E-state index in [4.69, 9.17) is 10.6 Å². The first-order valence-corrected chi connectivity index (χ1v) is 6.78. The predicted octanol–water partition coefficient (Wildman–Crippen LogP) is 3.00. The minimum Gasteiger partial charge on any atom is -0.489 e. The van der Waals surface area contributed by atoms with E-state index in [0.717, 1.165) is 34.4 Å². The maximum atomic E-state index is 10.8. The maximum absolute atomic E-state index is 10.8. The van der Waals surface area contributed by atoms with Gasteiger partial charge in [-0.2, -0.15) is 0 Å². The fourth-order valence-corrected chi connectivity index (χ4v) is 2.26. The van der Waals surface area contributed by atoms with Crippen molar-refractivity contribution in [3.8, 4) is 5.75 Å². The number of anilines is 1. The van der Waals surface area contributed by atoms with E-state index in [2.05, 4.69) is 0 Å². The molecule has 0 atom stereocenters. The summed E-state index contributed by atoms with van der Waals surface area (Å²) in [6.45, 7) is 4.40. The van der Waals surface area contributed by atoms with Crippen molar-refractivity contribution >= 4 is 12.0 Å². The Hall–Kier alpha value is -2.33. The first kappa shape index (κ1) is 15.1. The fourth-order valence-electron chi connectivity index (χ4n) is 2.26. The van der Waals surface area contributed by atoms with Crippen LogP contribution >= 0.6 is 0 Å². The number of carbonyl (C=O) groups is 1. The Morgan fingerprint density at radius 3 is 2.57 bits per heavy atom. The summed E-state index contributed by atoms with van der Waals surface area (Å²) < 4.78 is 5.90. The lowest BCUT2D eigenvalue weighted by atomic mass is 10.1. The van der Waals surface area contributed by atoms with Crippen LogP contribution in [0.5, 0.6) is 5.75 Å². The number of hydrazine groups is 1. The molecular weight excluding hydrogens is 264 g/mol. The van der Waals surface area contributed by atoms with E-state index >= 15 is 0 Å². The third-order valence-electron chi connectivity index (χ3n) is 3.47. The molecule has 0 aliphatic heterocycles. The summed E-state index contributed by atoms with van der Waals surface area (Å²) in [5.74, 6) is 6.63. The molecule has 0 aromatic heterocycles. The normalized spacial score (nSPS) is 10.3. The van der Waals surface area contributed by atoms with Gasteiger partial charge in [0.15, 0.2) is 0 Å². The van der Waals surface area contributed by atoms with Crippen molar-refractivity contribution in [2.45, 2.75) is 20.5 Å². The molecule has 0 amide bonds. The number of hydrogen-bond donors (Lipinski definition) is 1. The van der Waals surface area contributed by atoms with Gasteiger partial charge in [-0.1, -0.05) is 12.1 Å². The van der Waals surface area contributed by atoms with Gasteiger partial charge in [0.05, 0.1) is 5.69 Å². The Morgan fingerprint density at radius 1 is 1.19 bits per heavy atom. The van der Waals surface area contributed by atoms with Crippen molar-refractivity contribution in [1.29, 1.82) is 0 Å². The molecule has 2 rings (SSSR count). The van der Waals surface area contributed by atoms with Crippen molar-refractivity contribution in [2.24, 2.45) is 5.84 Å². The highest BCUT2D eigenvalue weighted by atomic mass is 16.5. The van der Waals surface area contributed by atoms with Gasteiger partial charge in [0.25, 0.3) is 0 Å². The molecule has 0 aliphatic rings. The SMILES string of the molecule is Cc1cc(C=O)ccc1OCc1c(C)cccc1N(C)N. The van der Waals surface area contributed by atoms with Gasteiger partial charge in [0.1, 0.15) is 18.6 Å². The zero-order valence-corrected chi connectivity index (χ0v) is 12.6. The minimum atomic E-state index is 0.435. The molecule has 2 aromatic rings. The third kappa shape index (κ3) is 3.41. The Bertz CT molecular complexity index is 651. The molecule has 0 saturated carbocycles. The standard InChI is InChI=1S/C17H20N2O2/c1-12-5-4-6-16(19(3)18)15(12)11-21-17-8-7-14(10-20)9-13(17)2/h4-10H,11,18H2,1-3H3. The van der Waals surface area contributed by atoms with Crippen LogP contribution in [0, 0.1) is 13.8 Å². The van der Waals surface area contributed by atoms with E-state index in [1.165, 1.54) is 0 Å². The summed E-state index contributed by atoms with van der Waals surface area (Å²) in [5, 5.41) is 1.59. The molecular formula is C17H20N2O2. The number of benzene rings is 2. The first-order valence-electron chi connectivity index (χ1n) is 6.78. The topological polar surface area (TPSA) is 55.6 Å². The van der Waals surface area contributed by atoms with Crippen LogP contribution in [-0.2, 0) is 6.61 Å². The van der Waals surface area contributed by atoms with Crippen LogP contribution in [0.15, 0.2) is 36.4 Å². The largest absolute Gasteiger partial charge is 0.489 e. The van der Waals surface area contributed by atoms with Crippen LogP contribution in [0.3, 0.4) is 0 Å². The van der Waals surface area contributed by atoms with Crippen LogP contribution in [0.1, 0.15) is 27.0 Å². The Labute approximate surface area is 125 Å². The van der Waals surface area contributed by atoms with E-state index in [0.29, 0.717) is 12.2 Å². The van der Waals surface area contributed by atoms with E-state index < -0.39 is 0 Å². The van der Waals surface area contributed by atoms with Gasteiger partial charge in [-0.3, -0.25) is 4.79 Å². The van der Waals surface area contributed by atoms with E-state index in [1.807, 2.05) is 51.2 Å². The summed E-state index contributed by atoms with van der Waals surface area (Å²) in [6.07, 6.45) is 0.833. The summed E-state index contributed by atoms with van der Waals surface area (Å²) in [5.41, 5.74) is 4.72. The number of nitrogens with zero attached hydrogens (tertiary/aromatic N) is 1. The molecule has 2 N–H and O–H groups in total. The number of aldehydes is 1. The highest BCUT2D eigenvalue weighted by Crippen LogP contribution is 2.25. The van der Waals surface area contributed by atoms with E-state index in [-0.39, 0.29) is 0 Å². The van der Waals surface area contributed by atoms with Gasteiger partial charge in [0.2, 0.25) is 0 Å². The summed E-state index contributed by atoms with van der Waals surface area (Å²) in [4.78, 5) is 10.8. The smallest absolute Gasteiger partial charge is 0.150 e. The maximum Gasteiger partial charge on any atom is 0.150 e. The lowest BCUT2D eigenvalue weighted by Gasteiger charge is -2.19. The van der Waals surface area contributed by atoms with Crippen molar-refractivity contribution in [3.05, 3.63) is 58.7 Å². The summed E-state index contributed by atoms with van der Waals surface area (Å²) in [6, 6.07) is 11.4. The van der Waals surface area contributed by atoms with E-state index in [9.17, 15) is 4.79 Å².